The second-order valence-electron chi connectivity index (χ2n) is 6.64. The molecule has 28 heavy (non-hydrogen) atoms. The summed E-state index contributed by atoms with van der Waals surface area (Å²) in [5.41, 5.74) is 0.534. The first-order valence-electron chi connectivity index (χ1n) is 9.15. The molecule has 0 spiro atoms. The quantitative estimate of drug-likeness (QED) is 0.563. The average molecular weight is 445 g/mol. The van der Waals surface area contributed by atoms with Gasteiger partial charge in [-0.2, -0.15) is 4.31 Å². The number of sulfonamides is 1. The fraction of sp³-hybridized carbons (Fsp3) is 0.474. The Morgan fingerprint density at radius 2 is 1.68 bits per heavy atom. The van der Waals surface area contributed by atoms with Crippen molar-refractivity contribution in [2.75, 3.05) is 32.4 Å². The second-order valence-corrected chi connectivity index (χ2v) is 11.6. The minimum atomic E-state index is -3.85. The van der Waals surface area contributed by atoms with Crippen LogP contribution in [0.4, 0.5) is 0 Å². The molecule has 0 fully saturated rings. The monoisotopic (exact) mass is 444 g/mol. The van der Waals surface area contributed by atoms with E-state index in [9.17, 15) is 16.8 Å². The van der Waals surface area contributed by atoms with E-state index in [1.54, 1.807) is 13.0 Å². The van der Waals surface area contributed by atoms with Crippen LogP contribution in [0.2, 0.25) is 0 Å². The van der Waals surface area contributed by atoms with Gasteiger partial charge in [0.15, 0.2) is 9.84 Å². The highest BCUT2D eigenvalue weighted by Crippen LogP contribution is 2.25. The number of nitrogens with zero attached hydrogens (tertiary/aromatic N) is 2. The fourth-order valence-corrected chi connectivity index (χ4v) is 6.06. The molecule has 0 aliphatic heterocycles. The number of likely N-dealkylation sites (N-methyl/N-ethyl adjacent to an activating group) is 1. The first-order valence-corrected chi connectivity index (χ1v) is 13.4. The van der Waals surface area contributed by atoms with E-state index in [1.807, 2.05) is 31.4 Å². The van der Waals surface area contributed by atoms with Crippen LogP contribution in [0.5, 0.6) is 0 Å². The molecule has 156 valence electrons. The van der Waals surface area contributed by atoms with Crippen molar-refractivity contribution >= 4 is 31.2 Å². The maximum Gasteiger partial charge on any atom is 0.243 e. The molecule has 0 amide bonds. The Hall–Kier alpha value is -1.26. The normalized spacial score (nSPS) is 12.8. The third-order valence-electron chi connectivity index (χ3n) is 4.68. The maximum absolute atomic E-state index is 13.5. The van der Waals surface area contributed by atoms with Crippen molar-refractivity contribution in [1.29, 1.82) is 0 Å². The van der Waals surface area contributed by atoms with Gasteiger partial charge in [-0.15, -0.1) is 11.3 Å². The lowest BCUT2D eigenvalue weighted by Gasteiger charge is -2.26. The van der Waals surface area contributed by atoms with Gasteiger partial charge in [0, 0.05) is 30.8 Å². The van der Waals surface area contributed by atoms with Crippen molar-refractivity contribution in [3.63, 3.8) is 0 Å². The summed E-state index contributed by atoms with van der Waals surface area (Å²) in [7, 11) is -7.35. The molecule has 0 N–H and O–H groups in total. The molecule has 1 aromatic heterocycles. The van der Waals surface area contributed by atoms with Crippen LogP contribution in [0, 0.1) is 6.92 Å². The summed E-state index contributed by atoms with van der Waals surface area (Å²) in [5, 5.41) is 1.92. The molecular formula is C19H28N2O4S3. The van der Waals surface area contributed by atoms with Gasteiger partial charge in [-0.1, -0.05) is 26.0 Å². The summed E-state index contributed by atoms with van der Waals surface area (Å²) >= 11 is 1.50. The van der Waals surface area contributed by atoms with Gasteiger partial charge in [0.1, 0.15) is 0 Å². The average Bonchev–Trinajstić information content (AvgIpc) is 3.13. The molecular weight excluding hydrogens is 416 g/mol. The van der Waals surface area contributed by atoms with Crippen molar-refractivity contribution in [2.24, 2.45) is 0 Å². The molecule has 9 heteroatoms. The van der Waals surface area contributed by atoms with E-state index in [0.717, 1.165) is 24.2 Å². The molecule has 0 saturated heterocycles. The van der Waals surface area contributed by atoms with E-state index in [4.69, 9.17) is 0 Å². The zero-order chi connectivity index (χ0) is 20.9. The summed E-state index contributed by atoms with van der Waals surface area (Å²) in [4.78, 5) is 3.17. The van der Waals surface area contributed by atoms with Crippen molar-refractivity contribution in [3.8, 4) is 0 Å². The van der Waals surface area contributed by atoms with Gasteiger partial charge >= 0.3 is 0 Å². The second kappa shape index (κ2) is 9.49. The molecule has 0 aliphatic rings. The Labute approximate surface area is 172 Å². The standard InChI is InChI=1S/C19H28N2O4S3/c1-5-20(6-2)11-12-21(15-17-8-7-13-26-17)28(24,25)19-14-18(27(4,22)23)10-9-16(19)3/h7-10,13-14H,5-6,11-12,15H2,1-4H3. The molecule has 1 heterocycles. The van der Waals surface area contributed by atoms with Gasteiger partial charge in [-0.25, -0.2) is 16.8 Å². The molecule has 0 aliphatic carbocycles. The van der Waals surface area contributed by atoms with Gasteiger partial charge in [0.2, 0.25) is 10.0 Å². The molecule has 0 saturated carbocycles. The van der Waals surface area contributed by atoms with E-state index >= 15 is 0 Å². The van der Waals surface area contributed by atoms with Crippen LogP contribution in [0.15, 0.2) is 45.5 Å². The largest absolute Gasteiger partial charge is 0.303 e. The number of thiophene rings is 1. The van der Waals surface area contributed by atoms with Crippen LogP contribution in [-0.4, -0.2) is 58.5 Å². The van der Waals surface area contributed by atoms with Gasteiger partial charge in [0.25, 0.3) is 0 Å². The van der Waals surface area contributed by atoms with E-state index in [1.165, 1.54) is 27.8 Å². The number of rotatable bonds is 10. The van der Waals surface area contributed by atoms with E-state index < -0.39 is 19.9 Å². The van der Waals surface area contributed by atoms with E-state index in [-0.39, 0.29) is 16.3 Å². The number of aryl methyl sites for hydroxylation is 1. The highest BCUT2D eigenvalue weighted by molar-refractivity contribution is 7.91. The Morgan fingerprint density at radius 3 is 2.21 bits per heavy atom. The highest BCUT2D eigenvalue weighted by atomic mass is 32.2. The SMILES string of the molecule is CCN(CC)CCN(Cc1cccs1)S(=O)(=O)c1cc(S(C)(=O)=O)ccc1C. The summed E-state index contributed by atoms with van der Waals surface area (Å²) in [6, 6.07) is 8.08. The smallest absolute Gasteiger partial charge is 0.243 e. The molecule has 0 radical (unpaired) electrons. The summed E-state index contributed by atoms with van der Waals surface area (Å²) in [6.07, 6.45) is 1.08. The highest BCUT2D eigenvalue weighted by Gasteiger charge is 2.28. The lowest BCUT2D eigenvalue weighted by molar-refractivity contribution is 0.269. The van der Waals surface area contributed by atoms with Crippen LogP contribution in [0.1, 0.15) is 24.3 Å². The van der Waals surface area contributed by atoms with Crippen molar-refractivity contribution < 1.29 is 16.8 Å². The Morgan fingerprint density at radius 1 is 1.00 bits per heavy atom. The Bertz CT molecular complexity index is 980. The third kappa shape index (κ3) is 5.64. The molecule has 1 aromatic carbocycles. The van der Waals surface area contributed by atoms with Crippen LogP contribution >= 0.6 is 11.3 Å². The van der Waals surface area contributed by atoms with Crippen molar-refractivity contribution in [3.05, 3.63) is 46.2 Å². The first kappa shape index (κ1) is 23.0. The minimum Gasteiger partial charge on any atom is -0.303 e. The number of sulfone groups is 1. The lowest BCUT2D eigenvalue weighted by atomic mass is 10.2. The Balaban J connectivity index is 2.45. The zero-order valence-corrected chi connectivity index (χ0v) is 19.2. The molecule has 6 nitrogen and oxygen atoms in total. The molecule has 2 aromatic rings. The topological polar surface area (TPSA) is 74.8 Å². The number of hydrogen-bond acceptors (Lipinski definition) is 6. The zero-order valence-electron chi connectivity index (χ0n) is 16.8. The van der Waals surface area contributed by atoms with Gasteiger partial charge in [0.05, 0.1) is 9.79 Å². The lowest BCUT2D eigenvalue weighted by Crippen LogP contribution is -2.38. The van der Waals surface area contributed by atoms with E-state index in [0.29, 0.717) is 18.7 Å². The molecule has 0 unspecified atom stereocenters. The molecule has 2 rings (SSSR count). The van der Waals surface area contributed by atoms with Crippen LogP contribution in [-0.2, 0) is 26.4 Å². The van der Waals surface area contributed by atoms with Gasteiger partial charge in [-0.05, 0) is 49.2 Å². The number of benzene rings is 1. The van der Waals surface area contributed by atoms with E-state index in [2.05, 4.69) is 4.90 Å². The van der Waals surface area contributed by atoms with Crippen LogP contribution < -0.4 is 0 Å². The Kier molecular flexibility index (Phi) is 7.81. The summed E-state index contributed by atoms with van der Waals surface area (Å²) in [5.74, 6) is 0. The maximum atomic E-state index is 13.5. The predicted molar refractivity (Wildman–Crippen MR) is 114 cm³/mol. The summed E-state index contributed by atoms with van der Waals surface area (Å²) in [6.45, 7) is 8.67. The van der Waals surface area contributed by atoms with Crippen molar-refractivity contribution in [1.82, 2.24) is 9.21 Å². The van der Waals surface area contributed by atoms with Crippen LogP contribution in [0.3, 0.4) is 0 Å². The minimum absolute atomic E-state index is 0.0106. The third-order valence-corrected chi connectivity index (χ3v) is 8.64. The molecule has 0 atom stereocenters. The number of hydrogen-bond donors (Lipinski definition) is 0. The van der Waals surface area contributed by atoms with Crippen molar-refractivity contribution in [2.45, 2.75) is 37.1 Å². The van der Waals surface area contributed by atoms with Gasteiger partial charge < -0.3 is 4.90 Å². The fourth-order valence-electron chi connectivity index (χ4n) is 2.88. The van der Waals surface area contributed by atoms with Crippen LogP contribution in [0.25, 0.3) is 0 Å². The predicted octanol–water partition coefficient (Wildman–Crippen LogP) is 2.99. The van der Waals surface area contributed by atoms with Gasteiger partial charge in [-0.3, -0.25) is 0 Å². The molecule has 0 bridgehead atoms. The first-order chi connectivity index (χ1) is 13.1. The summed E-state index contributed by atoms with van der Waals surface area (Å²) < 4.78 is 52.2.